The molecule has 8 nitrogen and oxygen atoms in total. The Balaban J connectivity index is 0.000000202. The van der Waals surface area contributed by atoms with Crippen molar-refractivity contribution >= 4 is 63.9 Å². The molecular formula is C34H33BiO8P2. The van der Waals surface area contributed by atoms with Crippen molar-refractivity contribution < 1.29 is 37.9 Å². The average molecular weight is 841 g/mol. The van der Waals surface area contributed by atoms with Gasteiger partial charge in [0.25, 0.3) is 0 Å². The first-order chi connectivity index (χ1) is 21.5. The summed E-state index contributed by atoms with van der Waals surface area (Å²) in [5.74, 6) is 2.49. The van der Waals surface area contributed by atoms with Gasteiger partial charge in [-0.1, -0.05) is 0 Å². The molecule has 5 aromatic carbocycles. The van der Waals surface area contributed by atoms with E-state index in [4.69, 9.17) is 18.9 Å². The number of benzene rings is 5. The molecule has 0 fully saturated rings. The van der Waals surface area contributed by atoms with Crippen molar-refractivity contribution in [3.63, 3.8) is 0 Å². The Labute approximate surface area is 279 Å². The van der Waals surface area contributed by atoms with Crippen LogP contribution in [0.5, 0.6) is 23.0 Å². The van der Waals surface area contributed by atoms with Gasteiger partial charge < -0.3 is 37.9 Å². The Hall–Kier alpha value is -3.44. The summed E-state index contributed by atoms with van der Waals surface area (Å²) >= 11 is 1.36. The van der Waals surface area contributed by atoms with Crippen LogP contribution in [0.3, 0.4) is 0 Å². The van der Waals surface area contributed by atoms with E-state index < -0.39 is 14.7 Å². The Morgan fingerprint density at radius 3 is 0.800 bits per heavy atom. The van der Waals surface area contributed by atoms with E-state index in [1.54, 1.807) is 48.5 Å². The number of methoxy groups -OCH3 is 4. The van der Waals surface area contributed by atoms with Crippen LogP contribution in [0.25, 0.3) is 0 Å². The van der Waals surface area contributed by atoms with Crippen LogP contribution in [0.1, 0.15) is 0 Å². The molecule has 0 bridgehead atoms. The molecule has 11 heteroatoms. The third kappa shape index (κ3) is 10.3. The zero-order chi connectivity index (χ0) is 32.9. The van der Waals surface area contributed by atoms with Gasteiger partial charge in [0, 0.05) is 21.2 Å². The molecule has 0 saturated carbocycles. The molecule has 5 rings (SSSR count). The second-order valence-electron chi connectivity index (χ2n) is 9.23. The molecule has 2 radical (unpaired) electrons. The van der Waals surface area contributed by atoms with Crippen LogP contribution < -0.4 is 53.2 Å². The van der Waals surface area contributed by atoms with Crippen molar-refractivity contribution in [2.45, 2.75) is 0 Å². The van der Waals surface area contributed by atoms with E-state index in [0.717, 1.165) is 0 Å². The van der Waals surface area contributed by atoms with Gasteiger partial charge in [-0.25, -0.2) is 0 Å². The summed E-state index contributed by atoms with van der Waals surface area (Å²) in [5.41, 5.74) is 0. The summed E-state index contributed by atoms with van der Waals surface area (Å²) < 4.78 is 46.2. The molecule has 0 spiro atoms. The normalized spacial score (nSPS) is 10.7. The topological polar surface area (TPSA) is 117 Å². The summed E-state index contributed by atoms with van der Waals surface area (Å²) in [7, 11) is -1.49. The van der Waals surface area contributed by atoms with Gasteiger partial charge in [-0.3, -0.25) is 0 Å². The van der Waals surface area contributed by atoms with Crippen LogP contribution in [0.2, 0.25) is 0 Å². The van der Waals surface area contributed by atoms with Gasteiger partial charge in [-0.2, -0.15) is 0 Å². The quantitative estimate of drug-likeness (QED) is 0.173. The molecule has 0 aliphatic heterocycles. The third-order valence-electron chi connectivity index (χ3n) is 6.41. The molecule has 5 aromatic rings. The fourth-order valence-electron chi connectivity index (χ4n) is 3.84. The van der Waals surface area contributed by atoms with Crippen molar-refractivity contribution in [1.82, 2.24) is 0 Å². The summed E-state index contributed by atoms with van der Waals surface area (Å²) in [6.07, 6.45) is 0. The molecule has 45 heavy (non-hydrogen) atoms. The number of hydrogen-bond donors (Lipinski definition) is 0. The maximum absolute atomic E-state index is 12.4. The molecule has 0 aliphatic rings. The van der Waals surface area contributed by atoms with Crippen molar-refractivity contribution in [2.24, 2.45) is 0 Å². The molecule has 0 N–H and O–H groups in total. The second kappa shape index (κ2) is 17.3. The van der Waals surface area contributed by atoms with Gasteiger partial charge in [0.05, 0.1) is 43.2 Å². The molecule has 0 heterocycles. The van der Waals surface area contributed by atoms with Gasteiger partial charge in [0.15, 0.2) is 0 Å². The van der Waals surface area contributed by atoms with Gasteiger partial charge in [-0.05, 0) is 97.1 Å². The molecule has 0 atom stereocenters. The minimum absolute atomic E-state index is 0.262. The monoisotopic (exact) mass is 840 g/mol. The van der Waals surface area contributed by atoms with E-state index in [2.05, 4.69) is 24.3 Å². The minimum atomic E-state index is -3.82. The van der Waals surface area contributed by atoms with Crippen molar-refractivity contribution in [3.05, 3.63) is 127 Å². The van der Waals surface area contributed by atoms with Crippen molar-refractivity contribution in [3.8, 4) is 23.0 Å². The van der Waals surface area contributed by atoms with Crippen LogP contribution in [0.15, 0.2) is 127 Å². The van der Waals surface area contributed by atoms with Crippen LogP contribution in [-0.2, 0) is 9.13 Å². The second-order valence-corrected chi connectivity index (χ2v) is 15.5. The van der Waals surface area contributed by atoms with Gasteiger partial charge in [-0.15, -0.1) is 0 Å². The average Bonchev–Trinajstić information content (AvgIpc) is 3.09. The first kappa shape index (κ1) is 36.0. The van der Waals surface area contributed by atoms with E-state index >= 15 is 0 Å². The number of ether oxygens (including phenoxy) is 4. The zero-order valence-electron chi connectivity index (χ0n) is 25.2. The van der Waals surface area contributed by atoms with Crippen LogP contribution in [0.4, 0.5) is 0 Å². The number of rotatable bonds is 8. The molecule has 0 amide bonds. The first-order valence-electron chi connectivity index (χ1n) is 13.5. The van der Waals surface area contributed by atoms with Crippen LogP contribution in [0, 0.1) is 0 Å². The van der Waals surface area contributed by atoms with Gasteiger partial charge in [0.1, 0.15) is 23.0 Å². The fourth-order valence-corrected chi connectivity index (χ4v) is 7.27. The summed E-state index contributed by atoms with van der Waals surface area (Å²) in [6.45, 7) is 0. The molecule has 232 valence electrons. The van der Waals surface area contributed by atoms with Crippen LogP contribution >= 0.6 is 14.7 Å². The van der Waals surface area contributed by atoms with E-state index in [1.165, 1.54) is 105 Å². The molecule has 0 unspecified atom stereocenters. The Kier molecular flexibility index (Phi) is 13.9. The van der Waals surface area contributed by atoms with Crippen molar-refractivity contribution in [2.75, 3.05) is 28.4 Å². The summed E-state index contributed by atoms with van der Waals surface area (Å²) in [5, 5.41) is 1.05. The predicted octanol–water partition coefficient (Wildman–Crippen LogP) is 3.07. The third-order valence-corrected chi connectivity index (χ3v) is 11.5. The predicted molar refractivity (Wildman–Crippen MR) is 178 cm³/mol. The van der Waals surface area contributed by atoms with Gasteiger partial charge in [0.2, 0.25) is 0 Å². The summed E-state index contributed by atoms with van der Waals surface area (Å²) in [6, 6.07) is 35.8. The Bertz CT molecular complexity index is 1480. The van der Waals surface area contributed by atoms with E-state index in [-0.39, 0.29) is 21.2 Å². The molecule has 0 aromatic heterocycles. The van der Waals surface area contributed by atoms with Crippen molar-refractivity contribution in [1.29, 1.82) is 0 Å². The molecule has 0 saturated heterocycles. The Morgan fingerprint density at radius 1 is 0.422 bits per heavy atom. The van der Waals surface area contributed by atoms with E-state index in [9.17, 15) is 18.9 Å². The standard InChI is InChI=1S/2C14H15O4P.C6H5.Bi/c2*1-17-11-3-7-13(8-4-11)19(15,16)14-9-5-12(18-2)6-10-14;1-2-4-6-5-3-1;/h2*3-10H,1-2H3,(H,15,16);1-5H;/q;;;+2/p-2. The number of hydrogen-bond acceptors (Lipinski definition) is 8. The zero-order valence-corrected chi connectivity index (χ0v) is 30.5. The van der Waals surface area contributed by atoms with Gasteiger partial charge >= 0.3 is 58.3 Å². The van der Waals surface area contributed by atoms with Crippen LogP contribution in [-0.4, -0.2) is 53.2 Å². The first-order valence-corrected chi connectivity index (χ1v) is 18.5. The SMILES string of the molecule is COc1ccc(P(=O)([O-])c2ccc(OC)cc2)cc1.COc1ccc(P(=O)([O-])c2ccc(OC)cc2)cc1.[Bi+2][c]1ccccc1. The molecule has 0 aliphatic carbocycles. The van der Waals surface area contributed by atoms with E-state index in [0.29, 0.717) is 23.0 Å². The maximum atomic E-state index is 12.4. The summed E-state index contributed by atoms with van der Waals surface area (Å²) in [4.78, 5) is 24.8. The Morgan fingerprint density at radius 2 is 0.644 bits per heavy atom. The fraction of sp³-hybridized carbons (Fsp3) is 0.118. The van der Waals surface area contributed by atoms with E-state index in [1.807, 2.05) is 6.07 Å². The molecular weight excluding hydrogens is 807 g/mol.